The van der Waals surface area contributed by atoms with E-state index in [-0.39, 0.29) is 5.91 Å². The minimum absolute atomic E-state index is 0.0502. The number of amides is 1. The topological polar surface area (TPSA) is 87.1 Å². The molecule has 1 aromatic heterocycles. The van der Waals surface area contributed by atoms with Gasteiger partial charge in [-0.25, -0.2) is 9.69 Å². The van der Waals surface area contributed by atoms with Gasteiger partial charge in [0.2, 0.25) is 11.8 Å². The van der Waals surface area contributed by atoms with Crippen molar-refractivity contribution in [3.05, 3.63) is 59.8 Å². The molecule has 0 radical (unpaired) electrons. The van der Waals surface area contributed by atoms with Crippen LogP contribution in [0.3, 0.4) is 0 Å². The number of aryl methyl sites for hydroxylation is 1. The predicted molar refractivity (Wildman–Crippen MR) is 127 cm³/mol. The predicted octanol–water partition coefficient (Wildman–Crippen LogP) is 3.29. The van der Waals surface area contributed by atoms with E-state index in [2.05, 4.69) is 5.43 Å². The number of benzene rings is 2. The maximum absolute atomic E-state index is 12.6. The summed E-state index contributed by atoms with van der Waals surface area (Å²) in [5.74, 6) is 2.58. The number of ether oxygens (including phenoxy) is 4. The lowest BCUT2D eigenvalue weighted by Gasteiger charge is -2.26. The Morgan fingerprint density at radius 1 is 1.03 bits per heavy atom. The van der Waals surface area contributed by atoms with E-state index >= 15 is 0 Å². The monoisotopic (exact) mass is 466 g/mol. The summed E-state index contributed by atoms with van der Waals surface area (Å²) in [4.78, 5) is 12.6. The maximum Gasteiger partial charge on any atom is 0.234 e. The van der Waals surface area contributed by atoms with Gasteiger partial charge in [0.15, 0.2) is 0 Å². The second-order valence-corrected chi connectivity index (χ2v) is 7.89. The minimum Gasteiger partial charge on any atom is -0.497 e. The first kappa shape index (κ1) is 23.6. The molecule has 3 aromatic rings. The molecule has 4 rings (SSSR count). The number of rotatable bonds is 9. The molecule has 0 saturated carbocycles. The van der Waals surface area contributed by atoms with Crippen molar-refractivity contribution < 1.29 is 23.7 Å². The highest BCUT2D eigenvalue weighted by atomic mass is 16.5. The first-order valence-electron chi connectivity index (χ1n) is 11.2. The molecule has 34 heavy (non-hydrogen) atoms. The lowest BCUT2D eigenvalue weighted by molar-refractivity contribution is -0.127. The van der Waals surface area contributed by atoms with E-state index in [9.17, 15) is 4.79 Å². The molecule has 180 valence electrons. The smallest absolute Gasteiger partial charge is 0.234 e. The van der Waals surface area contributed by atoms with Crippen LogP contribution in [0.4, 0.5) is 0 Å². The average Bonchev–Trinajstić information content (AvgIpc) is 3.18. The highest BCUT2D eigenvalue weighted by molar-refractivity contribution is 5.75. The second-order valence-electron chi connectivity index (χ2n) is 7.89. The number of nitrogens with one attached hydrogen (secondary N) is 1. The van der Waals surface area contributed by atoms with E-state index in [1.165, 1.54) is 0 Å². The highest BCUT2D eigenvalue weighted by Gasteiger charge is 2.21. The third kappa shape index (κ3) is 5.67. The molecular formula is C25H30N4O5. The SMILES string of the molecule is COc1ccc(-n2nc(C)c(CCC(=O)NN3CCOCC3)c2Oc2cccc(OC)c2)cc1. The molecule has 0 aliphatic carbocycles. The van der Waals surface area contributed by atoms with Crippen LogP contribution < -0.4 is 19.6 Å². The zero-order chi connectivity index (χ0) is 23.9. The lowest BCUT2D eigenvalue weighted by Crippen LogP contribution is -2.48. The van der Waals surface area contributed by atoms with Crippen molar-refractivity contribution in [2.75, 3.05) is 40.5 Å². The molecule has 1 saturated heterocycles. The standard InChI is InChI=1S/C25H30N4O5/c1-18-23(11-12-24(30)27-28-13-15-33-16-14-28)25(34-22-6-4-5-21(17-22)32-3)29(26-18)19-7-9-20(31-2)10-8-19/h4-10,17H,11-16H2,1-3H3,(H,27,30). The van der Waals surface area contributed by atoms with Gasteiger partial charge in [-0.3, -0.25) is 10.2 Å². The maximum atomic E-state index is 12.6. The van der Waals surface area contributed by atoms with Crippen LogP contribution in [-0.2, 0) is 16.0 Å². The van der Waals surface area contributed by atoms with Crippen LogP contribution in [0, 0.1) is 6.92 Å². The normalized spacial score (nSPS) is 14.0. The van der Waals surface area contributed by atoms with Crippen LogP contribution >= 0.6 is 0 Å². The van der Waals surface area contributed by atoms with Gasteiger partial charge in [0, 0.05) is 31.1 Å². The van der Waals surface area contributed by atoms with Crippen LogP contribution in [0.1, 0.15) is 17.7 Å². The largest absolute Gasteiger partial charge is 0.497 e. The van der Waals surface area contributed by atoms with Crippen LogP contribution in [0.25, 0.3) is 5.69 Å². The van der Waals surface area contributed by atoms with Gasteiger partial charge in [-0.1, -0.05) is 6.07 Å². The summed E-state index contributed by atoms with van der Waals surface area (Å²) in [6.07, 6.45) is 0.790. The summed E-state index contributed by atoms with van der Waals surface area (Å²) < 4.78 is 24.0. The van der Waals surface area contributed by atoms with Crippen molar-refractivity contribution in [2.45, 2.75) is 19.8 Å². The molecule has 1 aliphatic heterocycles. The van der Waals surface area contributed by atoms with Crippen molar-refractivity contribution in [1.29, 1.82) is 0 Å². The van der Waals surface area contributed by atoms with Crippen molar-refractivity contribution in [2.24, 2.45) is 0 Å². The molecule has 0 unspecified atom stereocenters. The van der Waals surface area contributed by atoms with Gasteiger partial charge in [0.05, 0.1) is 38.8 Å². The first-order valence-corrected chi connectivity index (χ1v) is 11.2. The molecule has 9 nitrogen and oxygen atoms in total. The number of carbonyl (C=O) groups excluding carboxylic acids is 1. The molecule has 1 N–H and O–H groups in total. The van der Waals surface area contributed by atoms with E-state index in [1.807, 2.05) is 60.5 Å². The van der Waals surface area contributed by atoms with Crippen LogP contribution in [0.5, 0.6) is 23.1 Å². The van der Waals surface area contributed by atoms with Crippen molar-refractivity contribution in [1.82, 2.24) is 20.2 Å². The van der Waals surface area contributed by atoms with E-state index in [4.69, 9.17) is 24.0 Å². The van der Waals surface area contributed by atoms with E-state index < -0.39 is 0 Å². The fourth-order valence-electron chi connectivity index (χ4n) is 3.75. The molecule has 1 aliphatic rings. The summed E-state index contributed by atoms with van der Waals surface area (Å²) in [5.41, 5.74) is 5.45. The number of aromatic nitrogens is 2. The second kappa shape index (κ2) is 11.0. The fourth-order valence-corrected chi connectivity index (χ4v) is 3.75. The van der Waals surface area contributed by atoms with Gasteiger partial charge < -0.3 is 18.9 Å². The number of nitrogens with zero attached hydrogens (tertiary/aromatic N) is 3. The van der Waals surface area contributed by atoms with Crippen LogP contribution in [-0.4, -0.2) is 61.2 Å². The van der Waals surface area contributed by atoms with Gasteiger partial charge in [0.1, 0.15) is 17.2 Å². The third-order valence-corrected chi connectivity index (χ3v) is 5.61. The number of methoxy groups -OCH3 is 2. The fraction of sp³-hybridized carbons (Fsp3) is 0.360. The summed E-state index contributed by atoms with van der Waals surface area (Å²) in [6.45, 7) is 4.53. The number of hydrogen-bond acceptors (Lipinski definition) is 7. The Kier molecular flexibility index (Phi) is 7.66. The zero-order valence-electron chi connectivity index (χ0n) is 19.7. The van der Waals surface area contributed by atoms with E-state index in [1.54, 1.807) is 18.9 Å². The Morgan fingerprint density at radius 2 is 1.74 bits per heavy atom. The quantitative estimate of drug-likeness (QED) is 0.518. The summed E-state index contributed by atoms with van der Waals surface area (Å²) >= 11 is 0. The Labute approximate surface area is 199 Å². The Balaban J connectivity index is 1.59. The molecule has 9 heteroatoms. The van der Waals surface area contributed by atoms with Crippen molar-refractivity contribution >= 4 is 5.91 Å². The van der Waals surface area contributed by atoms with Gasteiger partial charge >= 0.3 is 0 Å². The molecule has 2 aromatic carbocycles. The first-order chi connectivity index (χ1) is 16.6. The van der Waals surface area contributed by atoms with Gasteiger partial charge in [-0.05, 0) is 49.7 Å². The number of carbonyl (C=O) groups is 1. The molecule has 0 atom stereocenters. The highest BCUT2D eigenvalue weighted by Crippen LogP contribution is 2.33. The number of hydrazine groups is 1. The van der Waals surface area contributed by atoms with Crippen LogP contribution in [0.15, 0.2) is 48.5 Å². The van der Waals surface area contributed by atoms with E-state index in [0.29, 0.717) is 56.5 Å². The molecule has 0 spiro atoms. The van der Waals surface area contributed by atoms with Crippen molar-refractivity contribution in [3.8, 4) is 28.8 Å². The summed E-state index contributed by atoms with van der Waals surface area (Å²) in [5, 5.41) is 6.63. The zero-order valence-corrected chi connectivity index (χ0v) is 19.7. The van der Waals surface area contributed by atoms with Gasteiger partial charge in [-0.2, -0.15) is 5.10 Å². The molecule has 1 fully saturated rings. The van der Waals surface area contributed by atoms with E-state index in [0.717, 1.165) is 22.7 Å². The molecular weight excluding hydrogens is 436 g/mol. The van der Waals surface area contributed by atoms with Crippen LogP contribution in [0.2, 0.25) is 0 Å². The Bertz CT molecular complexity index is 1110. The molecule has 0 bridgehead atoms. The number of hydrogen-bond donors (Lipinski definition) is 1. The summed E-state index contributed by atoms with van der Waals surface area (Å²) in [6, 6.07) is 15.0. The van der Waals surface area contributed by atoms with Gasteiger partial charge in [-0.15, -0.1) is 0 Å². The Hall–Kier alpha value is -3.56. The Morgan fingerprint density at radius 3 is 2.44 bits per heavy atom. The average molecular weight is 467 g/mol. The van der Waals surface area contributed by atoms with Crippen molar-refractivity contribution in [3.63, 3.8) is 0 Å². The number of morpholine rings is 1. The summed E-state index contributed by atoms with van der Waals surface area (Å²) in [7, 11) is 3.24. The lowest BCUT2D eigenvalue weighted by atomic mass is 10.1. The molecule has 1 amide bonds. The third-order valence-electron chi connectivity index (χ3n) is 5.61. The van der Waals surface area contributed by atoms with Gasteiger partial charge in [0.25, 0.3) is 0 Å². The molecule has 2 heterocycles. The minimum atomic E-state index is -0.0502.